The molecule has 0 aromatic heterocycles. The number of hydrogen-bond acceptors (Lipinski definition) is 3. The largest absolute Gasteiger partial charge is 0.497 e. The van der Waals surface area contributed by atoms with Crippen LogP contribution in [-0.4, -0.2) is 35.7 Å². The van der Waals surface area contributed by atoms with Crippen LogP contribution in [0.15, 0.2) is 24.3 Å². The number of ether oxygens (including phenoxy) is 1. The van der Waals surface area contributed by atoms with Gasteiger partial charge in [0, 0.05) is 12.1 Å². The number of benzene rings is 1. The van der Waals surface area contributed by atoms with Gasteiger partial charge < -0.3 is 9.84 Å². The Labute approximate surface area is 114 Å². The zero-order valence-corrected chi connectivity index (χ0v) is 11.5. The lowest BCUT2D eigenvalue weighted by atomic mass is 10.0. The van der Waals surface area contributed by atoms with Crippen molar-refractivity contribution in [1.29, 1.82) is 0 Å². The van der Waals surface area contributed by atoms with Crippen molar-refractivity contribution in [2.45, 2.75) is 38.3 Å². The Morgan fingerprint density at radius 1 is 1.58 bits per heavy atom. The van der Waals surface area contributed by atoms with Crippen LogP contribution in [0.1, 0.15) is 37.8 Å². The molecule has 1 N–H and O–H groups in total. The molecule has 1 aliphatic heterocycles. The van der Waals surface area contributed by atoms with E-state index in [0.717, 1.165) is 25.1 Å². The van der Waals surface area contributed by atoms with Gasteiger partial charge in [-0.05, 0) is 44.0 Å². The van der Waals surface area contributed by atoms with Gasteiger partial charge in [0.15, 0.2) is 0 Å². The van der Waals surface area contributed by atoms with Gasteiger partial charge in [0.2, 0.25) is 0 Å². The summed E-state index contributed by atoms with van der Waals surface area (Å²) in [6.07, 6.45) is 2.28. The van der Waals surface area contributed by atoms with Gasteiger partial charge in [-0.1, -0.05) is 12.1 Å². The molecule has 1 aliphatic rings. The van der Waals surface area contributed by atoms with Gasteiger partial charge in [0.25, 0.3) is 0 Å². The number of carbonyl (C=O) groups is 1. The molecular formula is C15H21NO3. The predicted molar refractivity (Wildman–Crippen MR) is 73.4 cm³/mol. The molecule has 0 amide bonds. The number of hydrogen-bond donors (Lipinski definition) is 1. The van der Waals surface area contributed by atoms with E-state index in [9.17, 15) is 4.79 Å². The number of aliphatic carboxylic acids is 1. The lowest BCUT2D eigenvalue weighted by Crippen LogP contribution is -2.33. The molecule has 4 nitrogen and oxygen atoms in total. The molecule has 19 heavy (non-hydrogen) atoms. The molecule has 2 unspecified atom stereocenters. The van der Waals surface area contributed by atoms with Crippen LogP contribution in [-0.2, 0) is 4.79 Å². The van der Waals surface area contributed by atoms with Crippen molar-refractivity contribution >= 4 is 5.97 Å². The second kappa shape index (κ2) is 6.06. The van der Waals surface area contributed by atoms with Gasteiger partial charge in [-0.3, -0.25) is 9.69 Å². The lowest BCUT2D eigenvalue weighted by Gasteiger charge is -2.30. The molecule has 1 aromatic carbocycles. The van der Waals surface area contributed by atoms with Crippen LogP contribution < -0.4 is 4.74 Å². The summed E-state index contributed by atoms with van der Waals surface area (Å²) in [5.41, 5.74) is 1.18. The second-order valence-corrected chi connectivity index (χ2v) is 5.08. The third kappa shape index (κ3) is 3.26. The molecule has 0 spiro atoms. The minimum Gasteiger partial charge on any atom is -0.497 e. The summed E-state index contributed by atoms with van der Waals surface area (Å²) in [5, 5.41) is 8.98. The monoisotopic (exact) mass is 263 g/mol. The average Bonchev–Trinajstić information content (AvgIpc) is 2.85. The molecular weight excluding hydrogens is 242 g/mol. The molecule has 0 aliphatic carbocycles. The first-order valence-electron chi connectivity index (χ1n) is 6.73. The van der Waals surface area contributed by atoms with Crippen LogP contribution in [0.25, 0.3) is 0 Å². The molecule has 1 saturated heterocycles. The highest BCUT2D eigenvalue weighted by molar-refractivity contribution is 5.67. The molecule has 0 radical (unpaired) electrons. The molecule has 2 atom stereocenters. The van der Waals surface area contributed by atoms with Gasteiger partial charge in [-0.2, -0.15) is 0 Å². The Balaban J connectivity index is 2.13. The summed E-state index contributed by atoms with van der Waals surface area (Å²) in [5.74, 6) is 0.132. The van der Waals surface area contributed by atoms with Gasteiger partial charge in [0.05, 0.1) is 13.5 Å². The standard InChI is InChI=1S/C15H21NO3/c1-11(12-5-3-7-14(9-12)19-2)16-8-4-6-13(16)10-15(17)18/h3,5,7,9,11,13H,4,6,8,10H2,1-2H3,(H,17,18). The normalized spacial score (nSPS) is 21.3. The van der Waals surface area contributed by atoms with E-state index >= 15 is 0 Å². The fraction of sp³-hybridized carbons (Fsp3) is 0.533. The SMILES string of the molecule is COc1cccc(C(C)N2CCCC2CC(=O)O)c1. The second-order valence-electron chi connectivity index (χ2n) is 5.08. The van der Waals surface area contributed by atoms with Crippen molar-refractivity contribution in [3.63, 3.8) is 0 Å². The maximum atomic E-state index is 10.9. The molecule has 1 aromatic rings. The smallest absolute Gasteiger partial charge is 0.304 e. The molecule has 0 bridgehead atoms. The van der Waals surface area contributed by atoms with Crippen LogP contribution in [0.3, 0.4) is 0 Å². The van der Waals surface area contributed by atoms with E-state index in [1.165, 1.54) is 5.56 Å². The van der Waals surface area contributed by atoms with E-state index in [1.807, 2.05) is 18.2 Å². The van der Waals surface area contributed by atoms with Crippen LogP contribution in [0, 0.1) is 0 Å². The number of rotatable bonds is 5. The Hall–Kier alpha value is -1.55. The number of nitrogens with zero attached hydrogens (tertiary/aromatic N) is 1. The molecule has 104 valence electrons. The first kappa shape index (κ1) is 13.9. The summed E-state index contributed by atoms with van der Waals surface area (Å²) in [6, 6.07) is 8.38. The average molecular weight is 263 g/mol. The van der Waals surface area contributed by atoms with Crippen molar-refractivity contribution < 1.29 is 14.6 Å². The number of likely N-dealkylation sites (tertiary alicyclic amines) is 1. The van der Waals surface area contributed by atoms with Crippen LogP contribution in [0.2, 0.25) is 0 Å². The van der Waals surface area contributed by atoms with Crippen molar-refractivity contribution in [1.82, 2.24) is 4.90 Å². The number of carboxylic acid groups (broad SMARTS) is 1. The minimum atomic E-state index is -0.713. The molecule has 2 rings (SSSR count). The van der Waals surface area contributed by atoms with E-state index in [1.54, 1.807) is 7.11 Å². The molecule has 1 fully saturated rings. The zero-order chi connectivity index (χ0) is 13.8. The highest BCUT2D eigenvalue weighted by atomic mass is 16.5. The number of carboxylic acids is 1. The van der Waals surface area contributed by atoms with Crippen LogP contribution in [0.4, 0.5) is 0 Å². The lowest BCUT2D eigenvalue weighted by molar-refractivity contribution is -0.138. The molecule has 1 heterocycles. The third-order valence-corrected chi connectivity index (χ3v) is 3.91. The predicted octanol–water partition coefficient (Wildman–Crippen LogP) is 2.70. The van der Waals surface area contributed by atoms with Crippen molar-refractivity contribution in [3.05, 3.63) is 29.8 Å². The third-order valence-electron chi connectivity index (χ3n) is 3.91. The minimum absolute atomic E-state index is 0.152. The van der Waals surface area contributed by atoms with Crippen molar-refractivity contribution in [2.75, 3.05) is 13.7 Å². The van der Waals surface area contributed by atoms with Crippen LogP contribution in [0.5, 0.6) is 5.75 Å². The highest BCUT2D eigenvalue weighted by Gasteiger charge is 2.30. The summed E-state index contributed by atoms with van der Waals surface area (Å²) in [6.45, 7) is 3.10. The van der Waals surface area contributed by atoms with E-state index in [0.29, 0.717) is 0 Å². The summed E-state index contributed by atoms with van der Waals surface area (Å²) >= 11 is 0. The maximum Gasteiger partial charge on any atom is 0.304 e. The van der Waals surface area contributed by atoms with Crippen LogP contribution >= 0.6 is 0 Å². The van der Waals surface area contributed by atoms with E-state index < -0.39 is 5.97 Å². The highest BCUT2D eigenvalue weighted by Crippen LogP contribution is 2.31. The summed E-state index contributed by atoms with van der Waals surface area (Å²) in [7, 11) is 1.66. The Bertz CT molecular complexity index is 447. The quantitative estimate of drug-likeness (QED) is 0.887. The van der Waals surface area contributed by atoms with E-state index in [2.05, 4.69) is 17.9 Å². The van der Waals surface area contributed by atoms with Crippen molar-refractivity contribution in [3.8, 4) is 5.75 Å². The van der Waals surface area contributed by atoms with Gasteiger partial charge >= 0.3 is 5.97 Å². The fourth-order valence-electron chi connectivity index (χ4n) is 2.88. The van der Waals surface area contributed by atoms with Gasteiger partial charge in [-0.25, -0.2) is 0 Å². The topological polar surface area (TPSA) is 49.8 Å². The van der Waals surface area contributed by atoms with E-state index in [-0.39, 0.29) is 18.5 Å². The molecule has 0 saturated carbocycles. The maximum absolute atomic E-state index is 10.9. The Morgan fingerprint density at radius 2 is 2.37 bits per heavy atom. The zero-order valence-electron chi connectivity index (χ0n) is 11.5. The summed E-state index contributed by atoms with van der Waals surface area (Å²) < 4.78 is 5.25. The van der Waals surface area contributed by atoms with Crippen molar-refractivity contribution in [2.24, 2.45) is 0 Å². The Kier molecular flexibility index (Phi) is 4.43. The van der Waals surface area contributed by atoms with E-state index in [4.69, 9.17) is 9.84 Å². The van der Waals surface area contributed by atoms with Gasteiger partial charge in [0.1, 0.15) is 5.75 Å². The summed E-state index contributed by atoms with van der Waals surface area (Å²) in [4.78, 5) is 13.2. The number of methoxy groups -OCH3 is 1. The van der Waals surface area contributed by atoms with Gasteiger partial charge in [-0.15, -0.1) is 0 Å². The first-order valence-corrected chi connectivity index (χ1v) is 6.73. The Morgan fingerprint density at radius 3 is 3.05 bits per heavy atom. The first-order chi connectivity index (χ1) is 9.11. The molecule has 4 heteroatoms. The fourth-order valence-corrected chi connectivity index (χ4v) is 2.88.